The third kappa shape index (κ3) is 2.39. The van der Waals surface area contributed by atoms with E-state index < -0.39 is 0 Å². The van der Waals surface area contributed by atoms with Crippen molar-refractivity contribution in [3.8, 4) is 28.1 Å². The second-order valence-corrected chi connectivity index (χ2v) is 6.63. The summed E-state index contributed by atoms with van der Waals surface area (Å²) < 4.78 is 11.4. The predicted molar refractivity (Wildman–Crippen MR) is 103 cm³/mol. The van der Waals surface area contributed by atoms with Gasteiger partial charge in [-0.05, 0) is 24.6 Å². The van der Waals surface area contributed by atoms with Crippen LogP contribution in [0.3, 0.4) is 0 Å². The highest BCUT2D eigenvalue weighted by Gasteiger charge is 2.17. The molecule has 7 heteroatoms. The zero-order valence-electron chi connectivity index (χ0n) is 15.3. The Balaban J connectivity index is 1.75. The molecule has 5 aromatic rings. The molecule has 0 aliphatic rings. The summed E-state index contributed by atoms with van der Waals surface area (Å²) in [4.78, 5) is 4.52. The van der Waals surface area contributed by atoms with Crippen LogP contribution in [0, 0.1) is 6.92 Å². The van der Waals surface area contributed by atoms with E-state index >= 15 is 0 Å². The molecule has 0 fully saturated rings. The molecule has 5 rings (SSSR count). The van der Waals surface area contributed by atoms with Crippen molar-refractivity contribution in [1.82, 2.24) is 28.8 Å². The van der Waals surface area contributed by atoms with Gasteiger partial charge in [0.2, 0.25) is 0 Å². The van der Waals surface area contributed by atoms with E-state index in [0.29, 0.717) is 0 Å². The van der Waals surface area contributed by atoms with E-state index in [2.05, 4.69) is 38.8 Å². The Morgan fingerprint density at radius 2 is 1.85 bits per heavy atom. The fourth-order valence-corrected chi connectivity index (χ4v) is 3.44. The molecule has 0 atom stereocenters. The fraction of sp³-hybridized carbons (Fsp3) is 0.150. The average molecular weight is 358 g/mol. The molecule has 27 heavy (non-hydrogen) atoms. The van der Waals surface area contributed by atoms with Gasteiger partial charge in [0.1, 0.15) is 16.9 Å². The highest BCUT2D eigenvalue weighted by Crippen LogP contribution is 2.34. The van der Waals surface area contributed by atoms with Gasteiger partial charge in [-0.2, -0.15) is 10.2 Å². The molecule has 0 unspecified atom stereocenters. The monoisotopic (exact) mass is 358 g/mol. The number of aryl methyl sites for hydroxylation is 2. The zero-order chi connectivity index (χ0) is 18.5. The van der Waals surface area contributed by atoms with Crippen molar-refractivity contribution in [3.63, 3.8) is 0 Å². The maximum absolute atomic E-state index is 5.71. The number of aromatic nitrogens is 6. The van der Waals surface area contributed by atoms with Crippen molar-refractivity contribution in [2.75, 3.05) is 7.11 Å². The number of fused-ring (bicyclic) bond motifs is 2. The second-order valence-electron chi connectivity index (χ2n) is 6.63. The Hall–Kier alpha value is -3.61. The van der Waals surface area contributed by atoms with Crippen molar-refractivity contribution in [1.29, 1.82) is 0 Å². The zero-order valence-corrected chi connectivity index (χ0v) is 15.3. The van der Waals surface area contributed by atoms with E-state index in [1.807, 2.05) is 54.7 Å². The Labute approximate surface area is 155 Å². The molecule has 134 valence electrons. The molecule has 0 radical (unpaired) electrons. The van der Waals surface area contributed by atoms with E-state index in [4.69, 9.17) is 4.74 Å². The molecule has 0 saturated carbocycles. The first-order chi connectivity index (χ1) is 13.1. The lowest BCUT2D eigenvalue weighted by Gasteiger charge is -2.08. The van der Waals surface area contributed by atoms with E-state index in [-0.39, 0.29) is 0 Å². The van der Waals surface area contributed by atoms with Crippen LogP contribution in [0.4, 0.5) is 0 Å². The maximum Gasteiger partial charge on any atom is 0.145 e. The van der Waals surface area contributed by atoms with Gasteiger partial charge in [-0.25, -0.2) is 9.50 Å². The van der Waals surface area contributed by atoms with Gasteiger partial charge in [-0.15, -0.1) is 0 Å². The summed E-state index contributed by atoms with van der Waals surface area (Å²) >= 11 is 0. The summed E-state index contributed by atoms with van der Waals surface area (Å²) in [5.74, 6) is 0.756. The Morgan fingerprint density at radius 3 is 2.63 bits per heavy atom. The number of imidazole rings is 1. The largest absolute Gasteiger partial charge is 0.494 e. The molecular weight excluding hydrogens is 340 g/mol. The van der Waals surface area contributed by atoms with Crippen LogP contribution in [0.1, 0.15) is 5.56 Å². The maximum atomic E-state index is 5.71. The van der Waals surface area contributed by atoms with E-state index in [0.717, 1.165) is 39.3 Å². The van der Waals surface area contributed by atoms with Crippen LogP contribution in [0.2, 0.25) is 0 Å². The number of ether oxygens (including phenoxy) is 1. The van der Waals surface area contributed by atoms with Crippen molar-refractivity contribution in [3.05, 3.63) is 60.9 Å². The molecule has 0 spiro atoms. The number of hydrogen-bond acceptors (Lipinski definition) is 4. The summed E-state index contributed by atoms with van der Waals surface area (Å²) in [5, 5.41) is 8.83. The number of rotatable bonds is 3. The molecule has 7 nitrogen and oxygen atoms in total. The molecule has 0 amide bonds. The van der Waals surface area contributed by atoms with Crippen LogP contribution in [0.25, 0.3) is 33.5 Å². The quantitative estimate of drug-likeness (QED) is 0.496. The van der Waals surface area contributed by atoms with Crippen molar-refractivity contribution in [2.24, 2.45) is 7.05 Å². The van der Waals surface area contributed by atoms with Gasteiger partial charge < -0.3 is 4.74 Å². The minimum Gasteiger partial charge on any atom is -0.494 e. The summed E-state index contributed by atoms with van der Waals surface area (Å²) in [6, 6.07) is 6.09. The Kier molecular flexibility index (Phi) is 3.30. The topological polar surface area (TPSA) is 61.7 Å². The van der Waals surface area contributed by atoms with Gasteiger partial charge in [-0.1, -0.05) is 6.07 Å². The molecule has 0 aromatic carbocycles. The fourth-order valence-electron chi connectivity index (χ4n) is 3.44. The first-order valence-corrected chi connectivity index (χ1v) is 8.62. The van der Waals surface area contributed by atoms with Crippen molar-refractivity contribution < 1.29 is 4.74 Å². The normalized spacial score (nSPS) is 11.5. The average Bonchev–Trinajstić information content (AvgIpc) is 3.38. The molecule has 0 aliphatic carbocycles. The number of pyridine rings is 2. The first kappa shape index (κ1) is 15.6. The highest BCUT2D eigenvalue weighted by atomic mass is 16.5. The Morgan fingerprint density at radius 1 is 0.963 bits per heavy atom. The van der Waals surface area contributed by atoms with Gasteiger partial charge in [0.15, 0.2) is 0 Å². The van der Waals surface area contributed by atoms with E-state index in [1.165, 1.54) is 5.56 Å². The predicted octanol–water partition coefficient (Wildman–Crippen LogP) is 3.37. The summed E-state index contributed by atoms with van der Waals surface area (Å²) in [6.45, 7) is 2.07. The standard InChI is InChI=1S/C20H18N6O/c1-13-4-5-19-21-9-17(25(19)10-13)16-8-23-26-12-14(6-18(27-3)20(16)26)15-7-22-24(2)11-15/h4-12H,1-3H3. The van der Waals surface area contributed by atoms with Crippen LogP contribution >= 0.6 is 0 Å². The molecule has 0 bridgehead atoms. The third-order valence-corrected chi connectivity index (χ3v) is 4.76. The SMILES string of the molecule is COc1cc(-c2cnn(C)c2)cn2ncc(-c3cnc4ccc(C)cn34)c12. The van der Waals surface area contributed by atoms with Crippen LogP contribution in [-0.4, -0.2) is 35.9 Å². The van der Waals surface area contributed by atoms with Gasteiger partial charge in [0, 0.05) is 42.3 Å². The minimum atomic E-state index is 0.756. The second kappa shape index (κ2) is 5.70. The highest BCUT2D eigenvalue weighted by molar-refractivity contribution is 5.85. The molecule has 0 aliphatic heterocycles. The molecule has 5 heterocycles. The summed E-state index contributed by atoms with van der Waals surface area (Å²) in [7, 11) is 3.58. The lowest BCUT2D eigenvalue weighted by atomic mass is 10.1. The van der Waals surface area contributed by atoms with Gasteiger partial charge in [0.25, 0.3) is 0 Å². The Bertz CT molecular complexity index is 1290. The smallest absolute Gasteiger partial charge is 0.145 e. The lowest BCUT2D eigenvalue weighted by Crippen LogP contribution is -1.95. The molecule has 0 saturated heterocycles. The molecular formula is C20H18N6O. The summed E-state index contributed by atoms with van der Waals surface area (Å²) in [5.41, 5.74) is 6.95. The van der Waals surface area contributed by atoms with Crippen LogP contribution in [0.5, 0.6) is 5.75 Å². The summed E-state index contributed by atoms with van der Waals surface area (Å²) in [6.07, 6.45) is 11.6. The lowest BCUT2D eigenvalue weighted by molar-refractivity contribution is 0.418. The number of methoxy groups -OCH3 is 1. The van der Waals surface area contributed by atoms with Gasteiger partial charge in [-0.3, -0.25) is 9.08 Å². The molecule has 5 aromatic heterocycles. The number of hydrogen-bond donors (Lipinski definition) is 0. The van der Waals surface area contributed by atoms with E-state index in [1.54, 1.807) is 11.8 Å². The minimum absolute atomic E-state index is 0.756. The molecule has 0 N–H and O–H groups in total. The van der Waals surface area contributed by atoms with Gasteiger partial charge in [0.05, 0.1) is 31.4 Å². The third-order valence-electron chi connectivity index (χ3n) is 4.76. The van der Waals surface area contributed by atoms with Crippen molar-refractivity contribution in [2.45, 2.75) is 6.92 Å². The van der Waals surface area contributed by atoms with Crippen LogP contribution < -0.4 is 4.74 Å². The number of nitrogens with zero attached hydrogens (tertiary/aromatic N) is 6. The van der Waals surface area contributed by atoms with Gasteiger partial charge >= 0.3 is 0 Å². The van der Waals surface area contributed by atoms with Crippen LogP contribution in [-0.2, 0) is 7.05 Å². The van der Waals surface area contributed by atoms with Crippen LogP contribution in [0.15, 0.2) is 55.4 Å². The first-order valence-electron chi connectivity index (χ1n) is 8.62. The van der Waals surface area contributed by atoms with Crippen molar-refractivity contribution >= 4 is 11.2 Å². The van der Waals surface area contributed by atoms with E-state index in [9.17, 15) is 0 Å².